The summed E-state index contributed by atoms with van der Waals surface area (Å²) in [6, 6.07) is -0.293. The normalized spacial score (nSPS) is 18.5. The minimum absolute atomic E-state index is 0.0579. The van der Waals surface area contributed by atoms with Crippen molar-refractivity contribution in [3.63, 3.8) is 0 Å². The number of hydrogen-bond donors (Lipinski definition) is 2. The van der Waals surface area contributed by atoms with E-state index in [1.165, 1.54) is 4.90 Å². The SMILES string of the molecule is CCC(CC)NC(=O)COC(=O)CCCN1C(=O)NC2(CCCC2)C1=O. The molecule has 146 valence electrons. The molecule has 2 aliphatic rings. The van der Waals surface area contributed by atoms with Gasteiger partial charge in [0.05, 0.1) is 0 Å². The molecule has 1 spiro atoms. The van der Waals surface area contributed by atoms with Gasteiger partial charge in [-0.15, -0.1) is 0 Å². The second-order valence-electron chi connectivity index (χ2n) is 7.02. The summed E-state index contributed by atoms with van der Waals surface area (Å²) in [6.45, 7) is 3.83. The van der Waals surface area contributed by atoms with E-state index in [1.54, 1.807) is 0 Å². The first kappa shape index (κ1) is 20.2. The van der Waals surface area contributed by atoms with Crippen LogP contribution >= 0.6 is 0 Å². The van der Waals surface area contributed by atoms with Crippen molar-refractivity contribution >= 4 is 23.8 Å². The summed E-state index contributed by atoms with van der Waals surface area (Å²) in [5.74, 6) is -1.01. The lowest BCUT2D eigenvalue weighted by molar-refractivity contribution is -0.149. The number of rotatable bonds is 9. The second-order valence-corrected chi connectivity index (χ2v) is 7.02. The molecule has 0 bridgehead atoms. The van der Waals surface area contributed by atoms with Crippen LogP contribution in [0, 0.1) is 0 Å². The molecule has 1 saturated carbocycles. The molecule has 0 radical (unpaired) electrons. The lowest BCUT2D eigenvalue weighted by atomic mass is 9.98. The van der Waals surface area contributed by atoms with Gasteiger partial charge in [0.2, 0.25) is 0 Å². The summed E-state index contributed by atoms with van der Waals surface area (Å²) >= 11 is 0. The fourth-order valence-corrected chi connectivity index (χ4v) is 3.56. The Morgan fingerprint density at radius 1 is 1.23 bits per heavy atom. The molecule has 0 aromatic carbocycles. The first-order valence-electron chi connectivity index (χ1n) is 9.51. The van der Waals surface area contributed by atoms with Gasteiger partial charge in [0.25, 0.3) is 11.8 Å². The Morgan fingerprint density at radius 3 is 2.50 bits per heavy atom. The Morgan fingerprint density at radius 2 is 1.88 bits per heavy atom. The number of carbonyl (C=O) groups is 4. The van der Waals surface area contributed by atoms with E-state index in [4.69, 9.17) is 4.74 Å². The van der Waals surface area contributed by atoms with Crippen LogP contribution in [0.5, 0.6) is 0 Å². The highest BCUT2D eigenvalue weighted by Crippen LogP contribution is 2.35. The number of imide groups is 1. The van der Waals surface area contributed by atoms with Gasteiger partial charge in [0.15, 0.2) is 6.61 Å². The van der Waals surface area contributed by atoms with Crippen LogP contribution in [0.15, 0.2) is 0 Å². The van der Waals surface area contributed by atoms with Crippen molar-refractivity contribution in [1.29, 1.82) is 0 Å². The van der Waals surface area contributed by atoms with Crippen LogP contribution < -0.4 is 10.6 Å². The third kappa shape index (κ3) is 4.74. The van der Waals surface area contributed by atoms with Crippen molar-refractivity contribution in [2.45, 2.75) is 76.8 Å². The molecule has 0 aromatic rings. The zero-order valence-electron chi connectivity index (χ0n) is 15.6. The van der Waals surface area contributed by atoms with Gasteiger partial charge in [-0.1, -0.05) is 26.7 Å². The number of nitrogens with one attached hydrogen (secondary N) is 2. The molecular formula is C18H29N3O5. The quantitative estimate of drug-likeness (QED) is 0.474. The Kier molecular flexibility index (Phi) is 6.99. The number of hydrogen-bond acceptors (Lipinski definition) is 5. The summed E-state index contributed by atoms with van der Waals surface area (Å²) in [7, 11) is 0. The highest BCUT2D eigenvalue weighted by Gasteiger charge is 2.52. The zero-order valence-corrected chi connectivity index (χ0v) is 15.6. The molecule has 2 rings (SSSR count). The number of esters is 1. The van der Waals surface area contributed by atoms with E-state index >= 15 is 0 Å². The molecule has 4 amide bonds. The van der Waals surface area contributed by atoms with Crippen molar-refractivity contribution in [3.8, 4) is 0 Å². The van der Waals surface area contributed by atoms with Crippen LogP contribution in [0.1, 0.15) is 65.2 Å². The maximum atomic E-state index is 12.5. The smallest absolute Gasteiger partial charge is 0.325 e. The van der Waals surface area contributed by atoms with E-state index in [9.17, 15) is 19.2 Å². The molecule has 26 heavy (non-hydrogen) atoms. The van der Waals surface area contributed by atoms with Gasteiger partial charge >= 0.3 is 12.0 Å². The largest absolute Gasteiger partial charge is 0.456 e. The molecular weight excluding hydrogens is 338 g/mol. The molecule has 8 heteroatoms. The molecule has 1 saturated heterocycles. The highest BCUT2D eigenvalue weighted by atomic mass is 16.5. The van der Waals surface area contributed by atoms with E-state index in [0.717, 1.165) is 25.7 Å². The van der Waals surface area contributed by atoms with E-state index < -0.39 is 11.5 Å². The maximum Gasteiger partial charge on any atom is 0.325 e. The minimum atomic E-state index is -0.717. The molecule has 1 heterocycles. The molecule has 8 nitrogen and oxygen atoms in total. The Balaban J connectivity index is 1.68. The predicted molar refractivity (Wildman–Crippen MR) is 94.1 cm³/mol. The van der Waals surface area contributed by atoms with Crippen LogP contribution in [-0.4, -0.2) is 53.4 Å². The average Bonchev–Trinajstić information content (AvgIpc) is 3.18. The maximum absolute atomic E-state index is 12.5. The molecule has 1 aliphatic heterocycles. The van der Waals surface area contributed by atoms with Crippen molar-refractivity contribution < 1.29 is 23.9 Å². The lowest BCUT2D eigenvalue weighted by Gasteiger charge is -2.19. The zero-order chi connectivity index (χ0) is 19.2. The van der Waals surface area contributed by atoms with Gasteiger partial charge in [-0.25, -0.2) is 4.79 Å². The van der Waals surface area contributed by atoms with Crippen molar-refractivity contribution in [3.05, 3.63) is 0 Å². The van der Waals surface area contributed by atoms with Gasteiger partial charge in [0, 0.05) is 19.0 Å². The molecule has 2 N–H and O–H groups in total. The summed E-state index contributed by atoms with van der Waals surface area (Å²) in [5.41, 5.74) is -0.717. The van der Waals surface area contributed by atoms with E-state index in [-0.39, 0.29) is 43.5 Å². The standard InChI is InChI=1S/C18H29N3O5/c1-3-13(4-2)19-14(22)12-26-15(23)8-7-11-21-16(24)18(20-17(21)25)9-5-6-10-18/h13H,3-12H2,1-2H3,(H,19,22)(H,20,25). The number of ether oxygens (including phenoxy) is 1. The van der Waals surface area contributed by atoms with Gasteiger partial charge in [-0.05, 0) is 32.1 Å². The highest BCUT2D eigenvalue weighted by molar-refractivity contribution is 6.07. The fraction of sp³-hybridized carbons (Fsp3) is 0.778. The van der Waals surface area contributed by atoms with Crippen LogP contribution in [0.3, 0.4) is 0 Å². The van der Waals surface area contributed by atoms with Gasteiger partial charge in [-0.3, -0.25) is 19.3 Å². The third-order valence-corrected chi connectivity index (χ3v) is 5.18. The Hall–Kier alpha value is -2.12. The minimum Gasteiger partial charge on any atom is -0.456 e. The van der Waals surface area contributed by atoms with E-state index in [2.05, 4.69) is 10.6 Å². The number of carbonyl (C=O) groups excluding carboxylic acids is 4. The van der Waals surface area contributed by atoms with Crippen molar-refractivity contribution in [2.24, 2.45) is 0 Å². The van der Waals surface area contributed by atoms with Crippen molar-refractivity contribution in [1.82, 2.24) is 15.5 Å². The van der Waals surface area contributed by atoms with Gasteiger partial charge in [-0.2, -0.15) is 0 Å². The van der Waals surface area contributed by atoms with Gasteiger partial charge < -0.3 is 15.4 Å². The molecule has 0 atom stereocenters. The summed E-state index contributed by atoms with van der Waals surface area (Å²) in [5, 5.41) is 5.59. The van der Waals surface area contributed by atoms with Crippen molar-refractivity contribution in [2.75, 3.05) is 13.2 Å². The van der Waals surface area contributed by atoms with Gasteiger partial charge in [0.1, 0.15) is 5.54 Å². The number of amides is 4. The first-order valence-corrected chi connectivity index (χ1v) is 9.51. The van der Waals surface area contributed by atoms with Crippen LogP contribution in [0.25, 0.3) is 0 Å². The van der Waals surface area contributed by atoms with Crippen LogP contribution in [-0.2, 0) is 19.1 Å². The topological polar surface area (TPSA) is 105 Å². The van der Waals surface area contributed by atoms with Crippen LogP contribution in [0.4, 0.5) is 4.79 Å². The summed E-state index contributed by atoms with van der Waals surface area (Å²) in [4.78, 5) is 49.1. The average molecular weight is 367 g/mol. The predicted octanol–water partition coefficient (Wildman–Crippen LogP) is 1.48. The summed E-state index contributed by atoms with van der Waals surface area (Å²) in [6.07, 6.45) is 5.26. The van der Waals surface area contributed by atoms with E-state index in [0.29, 0.717) is 19.3 Å². The lowest BCUT2D eigenvalue weighted by Crippen LogP contribution is -2.44. The van der Waals surface area contributed by atoms with Crippen LogP contribution in [0.2, 0.25) is 0 Å². The second kappa shape index (κ2) is 9.00. The fourth-order valence-electron chi connectivity index (χ4n) is 3.56. The third-order valence-electron chi connectivity index (χ3n) is 5.18. The molecule has 2 fully saturated rings. The molecule has 0 unspecified atom stereocenters. The monoisotopic (exact) mass is 367 g/mol. The molecule has 0 aromatic heterocycles. The summed E-state index contributed by atoms with van der Waals surface area (Å²) < 4.78 is 4.95. The van der Waals surface area contributed by atoms with E-state index in [1.807, 2.05) is 13.8 Å². The number of urea groups is 1. The first-order chi connectivity index (χ1) is 12.4. The Bertz CT molecular complexity index is 553. The Labute approximate surface area is 154 Å². The number of nitrogens with zero attached hydrogens (tertiary/aromatic N) is 1. The molecule has 1 aliphatic carbocycles.